The van der Waals surface area contributed by atoms with Crippen LogP contribution in [0.4, 0.5) is 0 Å². The normalized spacial score (nSPS) is 10.2. The maximum Gasteiger partial charge on any atom is 0.166 e. The van der Waals surface area contributed by atoms with Crippen LogP contribution in [0.5, 0.6) is 5.75 Å². The molecule has 0 bridgehead atoms. The first-order valence-corrected chi connectivity index (χ1v) is 7.38. The molecule has 0 aliphatic heterocycles. The van der Waals surface area contributed by atoms with Crippen LogP contribution < -0.4 is 4.74 Å². The minimum Gasteiger partial charge on any atom is -0.492 e. The lowest BCUT2D eigenvalue weighted by Gasteiger charge is -2.09. The Hall–Kier alpha value is -1.74. The van der Waals surface area contributed by atoms with Crippen molar-refractivity contribution >= 4 is 17.5 Å². The SMILES string of the molecule is CSc1ccccc1OCCC(=O)c1ccccc1. The summed E-state index contributed by atoms with van der Waals surface area (Å²) in [4.78, 5) is 13.0. The Bertz CT molecular complexity index is 537. The van der Waals surface area contributed by atoms with Crippen LogP contribution in [0.25, 0.3) is 0 Å². The lowest BCUT2D eigenvalue weighted by Crippen LogP contribution is -2.06. The van der Waals surface area contributed by atoms with Gasteiger partial charge in [0.15, 0.2) is 5.78 Å². The fourth-order valence-electron chi connectivity index (χ4n) is 1.76. The molecule has 0 aliphatic carbocycles. The highest BCUT2D eigenvalue weighted by atomic mass is 32.2. The van der Waals surface area contributed by atoms with Gasteiger partial charge >= 0.3 is 0 Å². The third-order valence-corrected chi connectivity index (χ3v) is 3.53. The number of rotatable bonds is 6. The molecule has 0 saturated carbocycles. The topological polar surface area (TPSA) is 26.3 Å². The number of hydrogen-bond donors (Lipinski definition) is 0. The number of benzene rings is 2. The molecule has 0 spiro atoms. The Balaban J connectivity index is 1.88. The maximum atomic E-state index is 11.9. The molecule has 0 aliphatic rings. The third kappa shape index (κ3) is 3.86. The Morgan fingerprint density at radius 2 is 1.74 bits per heavy atom. The standard InChI is InChI=1S/C16H16O2S/c1-19-16-10-6-5-9-15(16)18-12-11-14(17)13-7-3-2-4-8-13/h2-10H,11-12H2,1H3. The van der Waals surface area contributed by atoms with Gasteiger partial charge in [0.2, 0.25) is 0 Å². The molecule has 2 rings (SSSR count). The van der Waals surface area contributed by atoms with Crippen molar-refractivity contribution in [2.24, 2.45) is 0 Å². The van der Waals surface area contributed by atoms with Gasteiger partial charge in [-0.1, -0.05) is 42.5 Å². The van der Waals surface area contributed by atoms with Gasteiger partial charge in [0.1, 0.15) is 5.75 Å². The summed E-state index contributed by atoms with van der Waals surface area (Å²) in [5.41, 5.74) is 0.740. The van der Waals surface area contributed by atoms with E-state index in [2.05, 4.69) is 0 Å². The maximum absolute atomic E-state index is 11.9. The van der Waals surface area contributed by atoms with Gasteiger partial charge in [-0.05, 0) is 18.4 Å². The number of hydrogen-bond acceptors (Lipinski definition) is 3. The van der Waals surface area contributed by atoms with Crippen LogP contribution in [0.15, 0.2) is 59.5 Å². The van der Waals surface area contributed by atoms with Crippen molar-refractivity contribution in [2.75, 3.05) is 12.9 Å². The summed E-state index contributed by atoms with van der Waals surface area (Å²) in [6.07, 6.45) is 2.41. The van der Waals surface area contributed by atoms with Gasteiger partial charge in [-0.25, -0.2) is 0 Å². The largest absolute Gasteiger partial charge is 0.492 e. The van der Waals surface area contributed by atoms with E-state index in [4.69, 9.17) is 4.74 Å². The fourth-order valence-corrected chi connectivity index (χ4v) is 2.30. The second-order valence-corrected chi connectivity index (χ2v) is 4.89. The molecule has 0 saturated heterocycles. The highest BCUT2D eigenvalue weighted by Gasteiger charge is 2.06. The van der Waals surface area contributed by atoms with E-state index >= 15 is 0 Å². The van der Waals surface area contributed by atoms with Crippen LogP contribution >= 0.6 is 11.8 Å². The van der Waals surface area contributed by atoms with Crippen LogP contribution in [-0.4, -0.2) is 18.6 Å². The molecule has 19 heavy (non-hydrogen) atoms. The molecule has 0 atom stereocenters. The highest BCUT2D eigenvalue weighted by Crippen LogP contribution is 2.26. The smallest absolute Gasteiger partial charge is 0.166 e. The molecule has 98 valence electrons. The van der Waals surface area contributed by atoms with Crippen LogP contribution in [-0.2, 0) is 0 Å². The molecule has 3 heteroatoms. The summed E-state index contributed by atoms with van der Waals surface area (Å²) in [6.45, 7) is 0.408. The average Bonchev–Trinajstić information content (AvgIpc) is 2.48. The number of ketones is 1. The fraction of sp³-hybridized carbons (Fsp3) is 0.188. The minimum absolute atomic E-state index is 0.113. The minimum atomic E-state index is 0.113. The molecule has 0 N–H and O–H groups in total. The molecule has 2 nitrogen and oxygen atoms in total. The summed E-state index contributed by atoms with van der Waals surface area (Å²) in [6, 6.07) is 17.2. The zero-order chi connectivity index (χ0) is 13.5. The number of ether oxygens (including phenoxy) is 1. The molecule has 2 aromatic rings. The van der Waals surface area contributed by atoms with E-state index in [-0.39, 0.29) is 5.78 Å². The lowest BCUT2D eigenvalue weighted by molar-refractivity contribution is 0.0961. The molecule has 0 fully saturated rings. The van der Waals surface area contributed by atoms with E-state index in [0.29, 0.717) is 13.0 Å². The summed E-state index contributed by atoms with van der Waals surface area (Å²) in [5, 5.41) is 0. The number of carbonyl (C=O) groups excluding carboxylic acids is 1. The molecule has 0 unspecified atom stereocenters. The number of Topliss-reactive ketones (excluding diaryl/α,β-unsaturated/α-hetero) is 1. The molecule has 0 aromatic heterocycles. The Kier molecular flexibility index (Phi) is 5.04. The van der Waals surface area contributed by atoms with E-state index in [1.165, 1.54) is 0 Å². The van der Waals surface area contributed by atoms with Crippen molar-refractivity contribution in [3.8, 4) is 5.75 Å². The van der Waals surface area contributed by atoms with Gasteiger partial charge in [-0.2, -0.15) is 0 Å². The van der Waals surface area contributed by atoms with E-state index < -0.39 is 0 Å². The van der Waals surface area contributed by atoms with E-state index in [1.807, 2.05) is 60.9 Å². The summed E-state index contributed by atoms with van der Waals surface area (Å²) >= 11 is 1.64. The molecule has 2 aromatic carbocycles. The lowest BCUT2D eigenvalue weighted by atomic mass is 10.1. The van der Waals surface area contributed by atoms with E-state index in [9.17, 15) is 4.79 Å². The average molecular weight is 272 g/mol. The first kappa shape index (κ1) is 13.7. The number of thioether (sulfide) groups is 1. The van der Waals surface area contributed by atoms with Gasteiger partial charge in [-0.15, -0.1) is 11.8 Å². The number of carbonyl (C=O) groups is 1. The zero-order valence-corrected chi connectivity index (χ0v) is 11.7. The molecular formula is C16H16O2S. The highest BCUT2D eigenvalue weighted by molar-refractivity contribution is 7.98. The van der Waals surface area contributed by atoms with Crippen LogP contribution in [0.1, 0.15) is 16.8 Å². The Labute approximate surface area is 117 Å². The molecule has 0 radical (unpaired) electrons. The first-order chi connectivity index (χ1) is 9.31. The van der Waals surface area contributed by atoms with Crippen molar-refractivity contribution in [3.05, 3.63) is 60.2 Å². The number of para-hydroxylation sites is 1. The van der Waals surface area contributed by atoms with Gasteiger partial charge in [-0.3, -0.25) is 4.79 Å². The van der Waals surface area contributed by atoms with Crippen molar-refractivity contribution < 1.29 is 9.53 Å². The van der Waals surface area contributed by atoms with Gasteiger partial charge < -0.3 is 4.74 Å². The monoisotopic (exact) mass is 272 g/mol. The molecular weight excluding hydrogens is 256 g/mol. The van der Waals surface area contributed by atoms with E-state index in [0.717, 1.165) is 16.2 Å². The molecule has 0 heterocycles. The van der Waals surface area contributed by atoms with Gasteiger partial charge in [0.25, 0.3) is 0 Å². The quantitative estimate of drug-likeness (QED) is 0.586. The van der Waals surface area contributed by atoms with Crippen molar-refractivity contribution in [1.82, 2.24) is 0 Å². The summed E-state index contributed by atoms with van der Waals surface area (Å²) in [5.74, 6) is 0.957. The molecule has 0 amide bonds. The first-order valence-electron chi connectivity index (χ1n) is 6.15. The van der Waals surface area contributed by atoms with Crippen LogP contribution in [0.2, 0.25) is 0 Å². The van der Waals surface area contributed by atoms with E-state index in [1.54, 1.807) is 11.8 Å². The summed E-state index contributed by atoms with van der Waals surface area (Å²) in [7, 11) is 0. The van der Waals surface area contributed by atoms with Gasteiger partial charge in [0, 0.05) is 16.9 Å². The van der Waals surface area contributed by atoms with Crippen LogP contribution in [0, 0.1) is 0 Å². The van der Waals surface area contributed by atoms with Gasteiger partial charge in [0.05, 0.1) is 6.61 Å². The van der Waals surface area contributed by atoms with Crippen LogP contribution in [0.3, 0.4) is 0 Å². The van der Waals surface area contributed by atoms with Crippen molar-refractivity contribution in [1.29, 1.82) is 0 Å². The van der Waals surface area contributed by atoms with Crippen molar-refractivity contribution in [2.45, 2.75) is 11.3 Å². The Morgan fingerprint density at radius 1 is 1.05 bits per heavy atom. The van der Waals surface area contributed by atoms with Crippen molar-refractivity contribution in [3.63, 3.8) is 0 Å². The Morgan fingerprint density at radius 3 is 2.47 bits per heavy atom. The second-order valence-electron chi connectivity index (χ2n) is 4.04. The summed E-state index contributed by atoms with van der Waals surface area (Å²) < 4.78 is 5.68. The second kappa shape index (κ2) is 7.00. The zero-order valence-electron chi connectivity index (χ0n) is 10.8. The predicted octanol–water partition coefficient (Wildman–Crippen LogP) is 4.06. The third-order valence-electron chi connectivity index (χ3n) is 2.75. The predicted molar refractivity (Wildman–Crippen MR) is 79.1 cm³/mol.